The van der Waals surface area contributed by atoms with Crippen molar-refractivity contribution >= 4 is 52.1 Å². The number of amides is 2. The summed E-state index contributed by atoms with van der Waals surface area (Å²) in [5, 5.41) is 14.2. The molecule has 0 radical (unpaired) electrons. The van der Waals surface area contributed by atoms with Crippen LogP contribution in [0.2, 0.25) is 10.0 Å². The Bertz CT molecular complexity index is 1570. The van der Waals surface area contributed by atoms with Crippen LogP contribution in [0, 0.1) is 6.92 Å². The van der Waals surface area contributed by atoms with Gasteiger partial charge in [0.15, 0.2) is 0 Å². The van der Waals surface area contributed by atoms with Crippen LogP contribution in [0.4, 0.5) is 11.4 Å². The molecule has 1 saturated carbocycles. The summed E-state index contributed by atoms with van der Waals surface area (Å²) in [4.78, 5) is 35.1. The third-order valence-corrected chi connectivity index (χ3v) is 7.56. The number of aryl methyl sites for hydroxylation is 1. The van der Waals surface area contributed by atoms with E-state index in [0.717, 1.165) is 17.9 Å². The molecule has 204 valence electrons. The predicted octanol–water partition coefficient (Wildman–Crippen LogP) is 5.67. The molecule has 6 rings (SSSR count). The molecule has 40 heavy (non-hydrogen) atoms. The number of rotatable bonds is 7. The molecule has 10 nitrogen and oxygen atoms in total. The highest BCUT2D eigenvalue weighted by Gasteiger charge is 2.36. The number of carbonyl (C=O) groups is 2. The molecule has 3 aliphatic rings. The van der Waals surface area contributed by atoms with Gasteiger partial charge in [-0.05, 0) is 43.2 Å². The summed E-state index contributed by atoms with van der Waals surface area (Å²) < 4.78 is 6.16. The predicted molar refractivity (Wildman–Crippen MR) is 153 cm³/mol. The maximum absolute atomic E-state index is 13.9. The van der Waals surface area contributed by atoms with Crippen LogP contribution < -0.4 is 19.9 Å². The molecule has 2 aromatic carbocycles. The van der Waals surface area contributed by atoms with E-state index in [0.29, 0.717) is 41.8 Å². The molecule has 1 aromatic heterocycles. The van der Waals surface area contributed by atoms with Crippen LogP contribution >= 0.6 is 23.2 Å². The molecule has 1 fully saturated rings. The smallest absolute Gasteiger partial charge is 0.263 e. The minimum atomic E-state index is -0.423. The lowest BCUT2D eigenvalue weighted by atomic mass is 10.1. The van der Waals surface area contributed by atoms with Crippen molar-refractivity contribution in [3.63, 3.8) is 0 Å². The average molecular weight is 578 g/mol. The number of nitrogens with one attached hydrogen (secondary N) is 1. The van der Waals surface area contributed by atoms with Gasteiger partial charge in [0.1, 0.15) is 23.6 Å². The van der Waals surface area contributed by atoms with Gasteiger partial charge in [-0.15, -0.1) is 5.10 Å². The molecule has 2 amide bonds. The van der Waals surface area contributed by atoms with E-state index in [2.05, 4.69) is 36.7 Å². The second-order valence-corrected chi connectivity index (χ2v) is 10.6. The number of carbonyl (C=O) groups excluding carboxylic acids is 2. The van der Waals surface area contributed by atoms with Crippen molar-refractivity contribution in [2.24, 2.45) is 15.4 Å². The van der Waals surface area contributed by atoms with Crippen LogP contribution in [0.5, 0.6) is 11.5 Å². The summed E-state index contributed by atoms with van der Waals surface area (Å²) in [6.07, 6.45) is 3.87. The van der Waals surface area contributed by atoms with Crippen LogP contribution in [0.1, 0.15) is 39.3 Å². The van der Waals surface area contributed by atoms with Gasteiger partial charge in [-0.3, -0.25) is 14.6 Å². The minimum Gasteiger partial charge on any atom is -0.455 e. The summed E-state index contributed by atoms with van der Waals surface area (Å²) in [6.45, 7) is 3.64. The first-order valence-corrected chi connectivity index (χ1v) is 13.7. The normalized spacial score (nSPS) is 16.0. The first kappa shape index (κ1) is 26.2. The van der Waals surface area contributed by atoms with E-state index >= 15 is 0 Å². The second kappa shape index (κ2) is 10.9. The lowest BCUT2D eigenvalue weighted by molar-refractivity contribution is 0.0957. The lowest BCUT2D eigenvalue weighted by Gasteiger charge is -2.38. The standard InChI is InChI=1S/C28H25Cl2N7O3/c1-16-10-25(40-26-12-21(29)19(11-22(26)30)27(38)32-13-17-14-33-35-34-17)20(15-31-16)28(39)37-9-8-36(18-6-7-18)23-4-2-3-5-24(23)37/h2-5,10-12,15,18H,6-9,13-14H2,1H3,(H,32,38). The van der Waals surface area contributed by atoms with Crippen LogP contribution in [0.15, 0.2) is 64.1 Å². The average Bonchev–Trinajstić information content (AvgIpc) is 3.66. The maximum Gasteiger partial charge on any atom is 0.263 e. The number of nitrogens with zero attached hydrogens (tertiary/aromatic N) is 6. The van der Waals surface area contributed by atoms with Crippen molar-refractivity contribution in [2.45, 2.75) is 25.8 Å². The Hall–Kier alpha value is -4.02. The Balaban J connectivity index is 1.25. The van der Waals surface area contributed by atoms with Crippen molar-refractivity contribution in [1.82, 2.24) is 10.3 Å². The largest absolute Gasteiger partial charge is 0.455 e. The molecule has 1 aliphatic carbocycles. The maximum atomic E-state index is 13.9. The third kappa shape index (κ3) is 5.24. The number of para-hydroxylation sites is 2. The Morgan fingerprint density at radius 3 is 2.58 bits per heavy atom. The number of halogens is 2. The highest BCUT2D eigenvalue weighted by atomic mass is 35.5. The fourth-order valence-corrected chi connectivity index (χ4v) is 5.24. The number of ether oxygens (including phenoxy) is 1. The molecule has 0 atom stereocenters. The Labute approximate surface area is 240 Å². The number of fused-ring (bicyclic) bond motifs is 1. The molecule has 0 spiro atoms. The van der Waals surface area contributed by atoms with Crippen molar-refractivity contribution < 1.29 is 14.3 Å². The molecule has 1 N–H and O–H groups in total. The SMILES string of the molecule is Cc1cc(Oc2cc(Cl)c(C(=O)NCC3=NN=NC3)cc2Cl)c(C(=O)N2CCN(C3CC3)c3ccccc32)cn1. The zero-order valence-electron chi connectivity index (χ0n) is 21.6. The Morgan fingerprint density at radius 2 is 1.82 bits per heavy atom. The lowest BCUT2D eigenvalue weighted by Crippen LogP contribution is -2.45. The van der Waals surface area contributed by atoms with Crippen molar-refractivity contribution in [3.8, 4) is 11.5 Å². The van der Waals surface area contributed by atoms with Gasteiger partial charge in [-0.25, -0.2) is 0 Å². The van der Waals surface area contributed by atoms with Crippen molar-refractivity contribution in [3.05, 3.63) is 75.5 Å². The van der Waals surface area contributed by atoms with E-state index in [9.17, 15) is 9.59 Å². The topological polar surface area (TPSA) is 112 Å². The van der Waals surface area contributed by atoms with E-state index in [-0.39, 0.29) is 33.8 Å². The Morgan fingerprint density at radius 1 is 1.02 bits per heavy atom. The fourth-order valence-electron chi connectivity index (χ4n) is 4.79. The number of aromatic nitrogens is 1. The summed E-state index contributed by atoms with van der Waals surface area (Å²) in [5.74, 6) is -0.148. The van der Waals surface area contributed by atoms with Gasteiger partial charge < -0.3 is 19.9 Å². The fraction of sp³-hybridized carbons (Fsp3) is 0.286. The highest BCUT2D eigenvalue weighted by Crippen LogP contribution is 2.41. The van der Waals surface area contributed by atoms with Crippen molar-refractivity contribution in [2.75, 3.05) is 36.0 Å². The van der Waals surface area contributed by atoms with Gasteiger partial charge in [0.2, 0.25) is 0 Å². The number of hydrogen-bond acceptors (Lipinski definition) is 8. The first-order chi connectivity index (χ1) is 19.4. The van der Waals surface area contributed by atoms with Gasteiger partial charge in [0, 0.05) is 43.2 Å². The van der Waals surface area contributed by atoms with Crippen LogP contribution in [-0.4, -0.2) is 54.7 Å². The van der Waals surface area contributed by atoms with E-state index in [1.54, 1.807) is 11.0 Å². The number of hydrogen-bond donors (Lipinski definition) is 1. The summed E-state index contributed by atoms with van der Waals surface area (Å²) >= 11 is 13.0. The van der Waals surface area contributed by atoms with Gasteiger partial charge in [0.25, 0.3) is 11.8 Å². The van der Waals surface area contributed by atoms with E-state index in [1.807, 2.05) is 25.1 Å². The molecule has 2 aliphatic heterocycles. The van der Waals surface area contributed by atoms with Gasteiger partial charge in [-0.2, -0.15) is 5.11 Å². The van der Waals surface area contributed by atoms with Gasteiger partial charge in [-0.1, -0.05) is 35.3 Å². The number of benzene rings is 2. The van der Waals surface area contributed by atoms with E-state index < -0.39 is 5.91 Å². The van der Waals surface area contributed by atoms with Crippen LogP contribution in [0.25, 0.3) is 0 Å². The zero-order valence-corrected chi connectivity index (χ0v) is 23.1. The van der Waals surface area contributed by atoms with Crippen molar-refractivity contribution in [1.29, 1.82) is 0 Å². The second-order valence-electron chi connectivity index (χ2n) is 9.79. The number of pyridine rings is 1. The molecule has 3 aromatic rings. The monoisotopic (exact) mass is 577 g/mol. The quantitative estimate of drug-likeness (QED) is 0.388. The highest BCUT2D eigenvalue weighted by molar-refractivity contribution is 6.36. The third-order valence-electron chi connectivity index (χ3n) is 6.95. The first-order valence-electron chi connectivity index (χ1n) is 12.9. The molecule has 0 unspecified atom stereocenters. The Kier molecular flexibility index (Phi) is 7.12. The summed E-state index contributed by atoms with van der Waals surface area (Å²) in [7, 11) is 0. The molecule has 3 heterocycles. The molecule has 0 bridgehead atoms. The number of anilines is 2. The van der Waals surface area contributed by atoms with Gasteiger partial charge in [0.05, 0.1) is 39.2 Å². The molecule has 12 heteroatoms. The van der Waals surface area contributed by atoms with Crippen LogP contribution in [0.3, 0.4) is 0 Å². The zero-order chi connectivity index (χ0) is 27.8. The molecular weight excluding hydrogens is 553 g/mol. The molecular formula is C28H25Cl2N7O3. The van der Waals surface area contributed by atoms with E-state index in [4.69, 9.17) is 27.9 Å². The van der Waals surface area contributed by atoms with Crippen LogP contribution in [-0.2, 0) is 0 Å². The summed E-state index contributed by atoms with van der Waals surface area (Å²) in [5.41, 5.74) is 3.69. The molecule has 0 saturated heterocycles. The van der Waals surface area contributed by atoms with Gasteiger partial charge >= 0.3 is 0 Å². The van der Waals surface area contributed by atoms with E-state index in [1.165, 1.54) is 31.2 Å². The minimum absolute atomic E-state index is 0.142. The summed E-state index contributed by atoms with van der Waals surface area (Å²) in [6, 6.07) is 13.1.